The number of nitrogens with one attached hydrogen (secondary N) is 2. The molecule has 0 unspecified atom stereocenters. The summed E-state index contributed by atoms with van der Waals surface area (Å²) in [5.74, 6) is 0.475. The number of hydrogen-bond acceptors (Lipinski definition) is 5. The maximum absolute atomic E-state index is 12.5. The number of benzene rings is 5. The summed E-state index contributed by atoms with van der Waals surface area (Å²) < 4.78 is 41.1. The van der Waals surface area contributed by atoms with E-state index in [0.717, 1.165) is 41.9 Å². The van der Waals surface area contributed by atoms with E-state index < -0.39 is 18.3 Å². The van der Waals surface area contributed by atoms with Crippen LogP contribution in [0.4, 0.5) is 5.69 Å². The van der Waals surface area contributed by atoms with Gasteiger partial charge in [-0.05, 0) is 75.8 Å². The summed E-state index contributed by atoms with van der Waals surface area (Å²) in [6.07, 6.45) is 1.69. The van der Waals surface area contributed by atoms with E-state index in [1.54, 1.807) is 0 Å². The van der Waals surface area contributed by atoms with Crippen LogP contribution >= 0.6 is 0 Å². The van der Waals surface area contributed by atoms with Crippen LogP contribution in [0.25, 0.3) is 10.8 Å². The molecule has 0 spiro atoms. The second-order valence-electron chi connectivity index (χ2n) is 12.5. The number of anilines is 1. The zero-order valence-corrected chi connectivity index (χ0v) is 30.3. The molecular formula is C40H48N2O4SSi. The van der Waals surface area contributed by atoms with Gasteiger partial charge in [-0.1, -0.05) is 124 Å². The minimum absolute atomic E-state index is 0.0335. The number of fused-ring (bicyclic) bond motifs is 1. The van der Waals surface area contributed by atoms with Crippen molar-refractivity contribution in [3.05, 3.63) is 144 Å². The summed E-state index contributed by atoms with van der Waals surface area (Å²) in [4.78, 5) is 0. The highest BCUT2D eigenvalue weighted by Gasteiger charge is 2.33. The summed E-state index contributed by atoms with van der Waals surface area (Å²) in [5.41, 5.74) is 4.78. The number of rotatable bonds is 17. The molecule has 0 radical (unpaired) electrons. The zero-order chi connectivity index (χ0) is 34.0. The Balaban J connectivity index is 1.49. The van der Waals surface area contributed by atoms with Gasteiger partial charge in [0.15, 0.2) is 8.32 Å². The van der Waals surface area contributed by atoms with Gasteiger partial charge in [-0.3, -0.25) is 4.72 Å². The molecule has 5 aromatic carbocycles. The van der Waals surface area contributed by atoms with Crippen molar-refractivity contribution >= 4 is 34.8 Å². The van der Waals surface area contributed by atoms with Crippen molar-refractivity contribution in [3.8, 4) is 5.75 Å². The quantitative estimate of drug-likeness (QED) is 0.0958. The Morgan fingerprint density at radius 2 is 1.29 bits per heavy atom. The van der Waals surface area contributed by atoms with Gasteiger partial charge in [0, 0.05) is 12.6 Å². The van der Waals surface area contributed by atoms with Crippen molar-refractivity contribution in [2.24, 2.45) is 0 Å². The fourth-order valence-corrected chi connectivity index (χ4v) is 9.63. The molecule has 5 aromatic rings. The standard InChI is InChI=1S/C40H48N2O4SSi/c1-5-48(6-2,7-3)46-40(36-24-25-39(38(28-36)42-47(4,43)44)45-30-32-18-12-9-13-19-32)29-41-37(26-31-16-10-8-11-17-31)35-23-22-33-20-14-15-21-34(33)27-35/h8-25,27-28,37,40-42H,5-7,26,29-30H2,1-4H3/t37-,40-/m0/s1. The van der Waals surface area contributed by atoms with Gasteiger partial charge in [-0.2, -0.15) is 0 Å². The molecule has 252 valence electrons. The summed E-state index contributed by atoms with van der Waals surface area (Å²) in [5, 5.41) is 6.32. The van der Waals surface area contributed by atoms with Crippen LogP contribution in [0.5, 0.6) is 5.75 Å². The van der Waals surface area contributed by atoms with Crippen LogP contribution in [-0.2, 0) is 27.5 Å². The minimum atomic E-state index is -3.57. The van der Waals surface area contributed by atoms with Gasteiger partial charge in [-0.25, -0.2) is 8.42 Å². The smallest absolute Gasteiger partial charge is 0.229 e. The lowest BCUT2D eigenvalue weighted by molar-refractivity contribution is 0.181. The van der Waals surface area contributed by atoms with Crippen molar-refractivity contribution in [2.75, 3.05) is 17.5 Å². The van der Waals surface area contributed by atoms with Crippen molar-refractivity contribution in [1.82, 2.24) is 5.32 Å². The molecule has 0 aliphatic rings. The van der Waals surface area contributed by atoms with Crippen molar-refractivity contribution in [2.45, 2.75) is 64.1 Å². The van der Waals surface area contributed by atoms with Gasteiger partial charge >= 0.3 is 0 Å². The molecule has 5 rings (SSSR count). The molecule has 8 heteroatoms. The molecule has 0 saturated heterocycles. The van der Waals surface area contributed by atoms with E-state index in [1.807, 2.05) is 54.6 Å². The van der Waals surface area contributed by atoms with E-state index in [1.165, 1.54) is 21.9 Å². The average molecular weight is 681 g/mol. The summed E-state index contributed by atoms with van der Waals surface area (Å²) in [6, 6.07) is 44.3. The molecule has 0 saturated carbocycles. The molecule has 0 aromatic heterocycles. The van der Waals surface area contributed by atoms with E-state index >= 15 is 0 Å². The number of ether oxygens (including phenoxy) is 1. The first-order chi connectivity index (χ1) is 23.2. The molecule has 48 heavy (non-hydrogen) atoms. The van der Waals surface area contributed by atoms with Gasteiger partial charge in [0.2, 0.25) is 10.0 Å². The molecule has 0 fully saturated rings. The largest absolute Gasteiger partial charge is 0.487 e. The van der Waals surface area contributed by atoms with Crippen LogP contribution in [0.2, 0.25) is 18.1 Å². The molecular weight excluding hydrogens is 633 g/mol. The molecule has 2 N–H and O–H groups in total. The Hall–Kier alpha value is -3.95. The highest BCUT2D eigenvalue weighted by molar-refractivity contribution is 7.92. The lowest BCUT2D eigenvalue weighted by Gasteiger charge is -2.35. The van der Waals surface area contributed by atoms with Crippen molar-refractivity contribution in [3.63, 3.8) is 0 Å². The molecule has 0 aliphatic heterocycles. The van der Waals surface area contributed by atoms with Gasteiger partial charge < -0.3 is 14.5 Å². The van der Waals surface area contributed by atoms with Crippen LogP contribution in [-0.4, -0.2) is 29.5 Å². The van der Waals surface area contributed by atoms with Crippen LogP contribution in [0.3, 0.4) is 0 Å². The van der Waals surface area contributed by atoms with E-state index in [-0.39, 0.29) is 12.1 Å². The lowest BCUT2D eigenvalue weighted by Crippen LogP contribution is -2.40. The summed E-state index contributed by atoms with van der Waals surface area (Å²) in [6.45, 7) is 7.57. The second-order valence-corrected chi connectivity index (χ2v) is 19.0. The molecule has 6 nitrogen and oxygen atoms in total. The van der Waals surface area contributed by atoms with E-state index in [0.29, 0.717) is 24.6 Å². The topological polar surface area (TPSA) is 76.7 Å². The van der Waals surface area contributed by atoms with Gasteiger partial charge in [0.25, 0.3) is 0 Å². The Labute approximate surface area is 287 Å². The Bertz CT molecular complexity index is 1860. The Morgan fingerprint density at radius 3 is 1.94 bits per heavy atom. The third-order valence-corrected chi connectivity index (χ3v) is 14.5. The minimum Gasteiger partial charge on any atom is -0.487 e. The summed E-state index contributed by atoms with van der Waals surface area (Å²) in [7, 11) is -5.64. The molecule has 0 amide bonds. The highest BCUT2D eigenvalue weighted by atomic mass is 32.2. The predicted octanol–water partition coefficient (Wildman–Crippen LogP) is 9.43. The second kappa shape index (κ2) is 16.4. The average Bonchev–Trinajstić information content (AvgIpc) is 3.11. The number of sulfonamides is 1. The first-order valence-electron chi connectivity index (χ1n) is 16.9. The maximum Gasteiger partial charge on any atom is 0.229 e. The number of hydrogen-bond donors (Lipinski definition) is 2. The molecule has 0 bridgehead atoms. The zero-order valence-electron chi connectivity index (χ0n) is 28.5. The fourth-order valence-electron chi connectivity index (χ4n) is 6.25. The normalized spacial score (nSPS) is 13.2. The highest BCUT2D eigenvalue weighted by Crippen LogP contribution is 2.35. The van der Waals surface area contributed by atoms with Crippen LogP contribution in [0.1, 0.15) is 55.2 Å². The molecule has 0 aliphatic carbocycles. The third kappa shape index (κ3) is 9.57. The fraction of sp³-hybridized carbons (Fsp3) is 0.300. The van der Waals surface area contributed by atoms with Crippen molar-refractivity contribution < 1.29 is 17.6 Å². The summed E-state index contributed by atoms with van der Waals surface area (Å²) >= 11 is 0. The SMILES string of the molecule is CC[Si](CC)(CC)O[C@@H](CN[C@@H](Cc1ccccc1)c1ccc2ccccc2c1)c1ccc(OCc2ccccc2)c(NS(C)(=O)=O)c1. The van der Waals surface area contributed by atoms with E-state index in [9.17, 15) is 8.42 Å². The van der Waals surface area contributed by atoms with Crippen molar-refractivity contribution in [1.29, 1.82) is 0 Å². The van der Waals surface area contributed by atoms with Crippen LogP contribution in [0.15, 0.2) is 121 Å². The van der Waals surface area contributed by atoms with Gasteiger partial charge in [-0.15, -0.1) is 0 Å². The van der Waals surface area contributed by atoms with Crippen LogP contribution < -0.4 is 14.8 Å². The predicted molar refractivity (Wildman–Crippen MR) is 202 cm³/mol. The maximum atomic E-state index is 12.5. The first-order valence-corrected chi connectivity index (χ1v) is 21.3. The van der Waals surface area contributed by atoms with Gasteiger partial charge in [0.1, 0.15) is 12.4 Å². The Morgan fingerprint density at radius 1 is 0.688 bits per heavy atom. The lowest BCUT2D eigenvalue weighted by atomic mass is 9.96. The first kappa shape index (κ1) is 35.4. The van der Waals surface area contributed by atoms with Gasteiger partial charge in [0.05, 0.1) is 18.0 Å². The van der Waals surface area contributed by atoms with E-state index in [4.69, 9.17) is 9.16 Å². The Kier molecular flexibility index (Phi) is 12.1. The molecule has 0 heterocycles. The molecule has 2 atom stereocenters. The van der Waals surface area contributed by atoms with Crippen LogP contribution in [0, 0.1) is 0 Å². The monoisotopic (exact) mass is 680 g/mol. The third-order valence-electron chi connectivity index (χ3n) is 9.24. The van der Waals surface area contributed by atoms with E-state index in [2.05, 4.69) is 97.5 Å².